The van der Waals surface area contributed by atoms with Crippen molar-refractivity contribution in [3.8, 4) is 0 Å². The van der Waals surface area contributed by atoms with E-state index in [0.29, 0.717) is 22.3 Å². The first kappa shape index (κ1) is 15.0. The normalized spacial score (nSPS) is 23.8. The number of hydrogen-bond acceptors (Lipinski definition) is 3. The van der Waals surface area contributed by atoms with Crippen molar-refractivity contribution in [2.24, 2.45) is 0 Å². The van der Waals surface area contributed by atoms with Crippen molar-refractivity contribution in [1.29, 1.82) is 0 Å². The maximum absolute atomic E-state index is 6.20. The summed E-state index contributed by atoms with van der Waals surface area (Å²) in [5.41, 5.74) is 1.05. The lowest BCUT2D eigenvalue weighted by atomic mass is 9.90. The molecule has 0 bridgehead atoms. The van der Waals surface area contributed by atoms with Crippen LogP contribution in [-0.2, 0) is 6.54 Å². The molecule has 2 rings (SSSR count). The predicted molar refractivity (Wildman–Crippen MR) is 80.8 cm³/mol. The number of pyridine rings is 1. The molecule has 0 aromatic carbocycles. The first-order valence-corrected chi connectivity index (χ1v) is 7.53. The van der Waals surface area contributed by atoms with E-state index < -0.39 is 0 Å². The van der Waals surface area contributed by atoms with Crippen LogP contribution in [-0.4, -0.2) is 36.1 Å². The Balaban J connectivity index is 1.92. The van der Waals surface area contributed by atoms with Gasteiger partial charge in [0.25, 0.3) is 0 Å². The minimum atomic E-state index is 0.450. The highest BCUT2D eigenvalue weighted by atomic mass is 35.5. The lowest BCUT2D eigenvalue weighted by Gasteiger charge is -2.34. The minimum Gasteiger partial charge on any atom is -0.317 e. The molecule has 1 saturated carbocycles. The van der Waals surface area contributed by atoms with Crippen LogP contribution >= 0.6 is 23.2 Å². The van der Waals surface area contributed by atoms with Crippen LogP contribution in [0.1, 0.15) is 31.2 Å². The van der Waals surface area contributed by atoms with E-state index in [2.05, 4.69) is 22.2 Å². The van der Waals surface area contributed by atoms with Crippen molar-refractivity contribution < 1.29 is 0 Å². The summed E-state index contributed by atoms with van der Waals surface area (Å²) in [5.74, 6) is 0. The van der Waals surface area contributed by atoms with Gasteiger partial charge in [-0.15, -0.1) is 0 Å². The summed E-state index contributed by atoms with van der Waals surface area (Å²) in [6.07, 6.45) is 6.75. The third kappa shape index (κ3) is 4.06. The fraction of sp³-hybridized carbons (Fsp3) is 0.643. The van der Waals surface area contributed by atoms with Gasteiger partial charge in [-0.05, 0) is 45.8 Å². The Morgan fingerprint density at radius 1 is 1.32 bits per heavy atom. The molecule has 19 heavy (non-hydrogen) atoms. The third-order valence-electron chi connectivity index (χ3n) is 4.04. The molecule has 0 atom stereocenters. The average Bonchev–Trinajstić information content (AvgIpc) is 2.42. The van der Waals surface area contributed by atoms with Crippen molar-refractivity contribution in [3.63, 3.8) is 0 Å². The molecule has 1 aliphatic rings. The largest absolute Gasteiger partial charge is 0.317 e. The van der Waals surface area contributed by atoms with Gasteiger partial charge in [0.2, 0.25) is 0 Å². The van der Waals surface area contributed by atoms with Gasteiger partial charge in [0.05, 0.1) is 0 Å². The molecular formula is C14H21Cl2N3. The second-order valence-electron chi connectivity index (χ2n) is 5.31. The van der Waals surface area contributed by atoms with Crippen molar-refractivity contribution >= 4 is 23.2 Å². The van der Waals surface area contributed by atoms with Crippen molar-refractivity contribution in [2.75, 3.05) is 14.1 Å². The van der Waals surface area contributed by atoms with Crippen molar-refractivity contribution in [2.45, 2.75) is 44.3 Å². The zero-order chi connectivity index (χ0) is 13.8. The number of nitrogens with zero attached hydrogens (tertiary/aromatic N) is 2. The zero-order valence-corrected chi connectivity index (χ0v) is 13.0. The summed E-state index contributed by atoms with van der Waals surface area (Å²) < 4.78 is 0. The van der Waals surface area contributed by atoms with Crippen LogP contribution in [0, 0.1) is 0 Å². The van der Waals surface area contributed by atoms with E-state index in [1.807, 2.05) is 7.05 Å². The molecule has 1 aromatic rings. The van der Waals surface area contributed by atoms with Gasteiger partial charge in [-0.25, -0.2) is 4.98 Å². The molecule has 0 saturated heterocycles. The highest BCUT2D eigenvalue weighted by Crippen LogP contribution is 2.25. The van der Waals surface area contributed by atoms with Crippen molar-refractivity contribution in [1.82, 2.24) is 15.2 Å². The fourth-order valence-corrected chi connectivity index (χ4v) is 3.18. The Hall–Kier alpha value is -0.350. The smallest absolute Gasteiger partial charge is 0.130 e. The van der Waals surface area contributed by atoms with Crippen LogP contribution in [0.2, 0.25) is 10.2 Å². The number of aromatic nitrogens is 1. The van der Waals surface area contributed by atoms with E-state index >= 15 is 0 Å². The Labute approximate surface area is 125 Å². The second-order valence-corrected chi connectivity index (χ2v) is 6.10. The summed E-state index contributed by atoms with van der Waals surface area (Å²) in [6, 6.07) is 3.03. The van der Waals surface area contributed by atoms with Gasteiger partial charge in [0, 0.05) is 35.4 Å². The van der Waals surface area contributed by atoms with Crippen LogP contribution in [0.5, 0.6) is 0 Å². The summed E-state index contributed by atoms with van der Waals surface area (Å²) >= 11 is 12.0. The van der Waals surface area contributed by atoms with Gasteiger partial charge in [-0.1, -0.05) is 23.2 Å². The molecule has 1 fully saturated rings. The van der Waals surface area contributed by atoms with E-state index in [4.69, 9.17) is 23.2 Å². The first-order valence-electron chi connectivity index (χ1n) is 6.77. The molecule has 1 aliphatic carbocycles. The van der Waals surface area contributed by atoms with Gasteiger partial charge < -0.3 is 5.32 Å². The Morgan fingerprint density at radius 2 is 2.00 bits per heavy atom. The molecule has 106 valence electrons. The summed E-state index contributed by atoms with van der Waals surface area (Å²) in [7, 11) is 4.21. The molecule has 0 amide bonds. The van der Waals surface area contributed by atoms with Gasteiger partial charge in [-0.3, -0.25) is 4.90 Å². The number of rotatable bonds is 4. The van der Waals surface area contributed by atoms with E-state index in [1.54, 1.807) is 12.3 Å². The summed E-state index contributed by atoms with van der Waals surface area (Å²) in [6.45, 7) is 0.831. The van der Waals surface area contributed by atoms with Crippen LogP contribution in [0.15, 0.2) is 12.3 Å². The Kier molecular flexibility index (Phi) is 5.46. The Bertz CT molecular complexity index is 417. The van der Waals surface area contributed by atoms with E-state index in [9.17, 15) is 0 Å². The molecule has 3 nitrogen and oxygen atoms in total. The molecule has 1 N–H and O–H groups in total. The molecular weight excluding hydrogens is 281 g/mol. The molecule has 1 heterocycles. The van der Waals surface area contributed by atoms with Gasteiger partial charge in [0.1, 0.15) is 5.15 Å². The lowest BCUT2D eigenvalue weighted by Crippen LogP contribution is -2.39. The van der Waals surface area contributed by atoms with Crippen LogP contribution in [0.25, 0.3) is 0 Å². The lowest BCUT2D eigenvalue weighted by molar-refractivity contribution is 0.170. The standard InChI is InChI=1S/C14H21Cl2N3/c1-17-11-3-5-12(6-4-11)19(2)9-10-8-18-14(16)7-13(10)15/h7-8,11-12,17H,3-6,9H2,1-2H3. The quantitative estimate of drug-likeness (QED) is 0.865. The summed E-state index contributed by atoms with van der Waals surface area (Å²) in [5, 5.41) is 4.52. The predicted octanol–water partition coefficient (Wildman–Crippen LogP) is 3.35. The zero-order valence-electron chi connectivity index (χ0n) is 11.5. The summed E-state index contributed by atoms with van der Waals surface area (Å²) in [4.78, 5) is 6.49. The van der Waals surface area contributed by atoms with Crippen LogP contribution in [0.3, 0.4) is 0 Å². The number of halogens is 2. The van der Waals surface area contributed by atoms with Gasteiger partial charge in [-0.2, -0.15) is 0 Å². The highest BCUT2D eigenvalue weighted by Gasteiger charge is 2.23. The number of hydrogen-bond donors (Lipinski definition) is 1. The Morgan fingerprint density at radius 3 is 2.58 bits per heavy atom. The monoisotopic (exact) mass is 301 g/mol. The SMILES string of the molecule is CNC1CCC(N(C)Cc2cnc(Cl)cc2Cl)CC1. The second kappa shape index (κ2) is 6.89. The van der Waals surface area contributed by atoms with E-state index in [0.717, 1.165) is 12.1 Å². The highest BCUT2D eigenvalue weighted by molar-refractivity contribution is 6.34. The van der Waals surface area contributed by atoms with E-state index in [1.165, 1.54) is 25.7 Å². The molecule has 0 unspecified atom stereocenters. The molecule has 5 heteroatoms. The van der Waals surface area contributed by atoms with E-state index in [-0.39, 0.29) is 0 Å². The van der Waals surface area contributed by atoms with Crippen LogP contribution < -0.4 is 5.32 Å². The fourth-order valence-electron chi connectivity index (χ4n) is 2.76. The maximum Gasteiger partial charge on any atom is 0.130 e. The van der Waals surface area contributed by atoms with Gasteiger partial charge in [0.15, 0.2) is 0 Å². The maximum atomic E-state index is 6.20. The van der Waals surface area contributed by atoms with Gasteiger partial charge >= 0.3 is 0 Å². The molecule has 0 aliphatic heterocycles. The van der Waals surface area contributed by atoms with Crippen LogP contribution in [0.4, 0.5) is 0 Å². The molecule has 1 aromatic heterocycles. The van der Waals surface area contributed by atoms with Crippen molar-refractivity contribution in [3.05, 3.63) is 28.0 Å². The average molecular weight is 302 g/mol. The molecule has 0 radical (unpaired) electrons. The third-order valence-corrected chi connectivity index (χ3v) is 4.60. The molecule has 0 spiro atoms. The first-order chi connectivity index (χ1) is 9.10. The topological polar surface area (TPSA) is 28.2 Å². The minimum absolute atomic E-state index is 0.450. The number of nitrogens with one attached hydrogen (secondary N) is 1.